The number of hydrogen-bond acceptors (Lipinski definition) is 4. The average Bonchev–Trinajstić information content (AvgIpc) is 2.94. The van der Waals surface area contributed by atoms with Crippen LogP contribution in [0.3, 0.4) is 0 Å². The fraction of sp³-hybridized carbons (Fsp3) is 0.538. The first kappa shape index (κ1) is 11.9. The van der Waals surface area contributed by atoms with Crippen LogP contribution >= 0.6 is 12.2 Å². The van der Waals surface area contributed by atoms with Crippen LogP contribution in [-0.4, -0.2) is 40.0 Å². The maximum atomic E-state index is 5.64. The summed E-state index contributed by atoms with van der Waals surface area (Å²) < 4.78 is 0. The van der Waals surface area contributed by atoms with Gasteiger partial charge in [-0.15, -0.1) is 0 Å². The minimum atomic E-state index is 0.425. The number of rotatable bonds is 3. The molecular formula is C13H18N4S. The number of pyridine rings is 1. The van der Waals surface area contributed by atoms with Crippen LogP contribution in [0, 0.1) is 0 Å². The maximum Gasteiger partial charge on any atom is 0.126 e. The van der Waals surface area contributed by atoms with Gasteiger partial charge in [-0.1, -0.05) is 12.2 Å². The van der Waals surface area contributed by atoms with E-state index < -0.39 is 0 Å². The van der Waals surface area contributed by atoms with Crippen LogP contribution in [-0.2, 0) is 0 Å². The second kappa shape index (κ2) is 4.82. The molecule has 2 atom stereocenters. The van der Waals surface area contributed by atoms with Crippen LogP contribution in [0.25, 0.3) is 0 Å². The Bertz CT molecular complexity index is 462. The van der Waals surface area contributed by atoms with E-state index in [-0.39, 0.29) is 0 Å². The van der Waals surface area contributed by atoms with E-state index >= 15 is 0 Å². The summed E-state index contributed by atoms with van der Waals surface area (Å²) in [5, 5.41) is 3.54. The highest BCUT2D eigenvalue weighted by molar-refractivity contribution is 7.80. The van der Waals surface area contributed by atoms with E-state index in [1.165, 1.54) is 32.4 Å². The Morgan fingerprint density at radius 2 is 2.33 bits per heavy atom. The number of aromatic nitrogens is 1. The first-order valence-corrected chi connectivity index (χ1v) is 6.91. The van der Waals surface area contributed by atoms with Gasteiger partial charge in [-0.3, -0.25) is 4.90 Å². The van der Waals surface area contributed by atoms with Crippen molar-refractivity contribution in [3.63, 3.8) is 0 Å². The van der Waals surface area contributed by atoms with Crippen molar-refractivity contribution in [2.24, 2.45) is 5.73 Å². The van der Waals surface area contributed by atoms with E-state index in [0.29, 0.717) is 17.1 Å². The third kappa shape index (κ3) is 2.20. The molecule has 2 fully saturated rings. The summed E-state index contributed by atoms with van der Waals surface area (Å²) in [5.74, 6) is 0.888. The Morgan fingerprint density at radius 3 is 3.17 bits per heavy atom. The van der Waals surface area contributed by atoms with Crippen molar-refractivity contribution in [2.75, 3.05) is 18.4 Å². The number of thiocarbonyl (C=S) groups is 1. The summed E-state index contributed by atoms with van der Waals surface area (Å²) in [5.41, 5.74) is 6.52. The van der Waals surface area contributed by atoms with Gasteiger partial charge in [0.1, 0.15) is 10.8 Å². The second-order valence-electron chi connectivity index (χ2n) is 5.08. The number of anilines is 1. The first-order chi connectivity index (χ1) is 8.74. The van der Waals surface area contributed by atoms with Crippen molar-refractivity contribution >= 4 is 23.0 Å². The lowest BCUT2D eigenvalue weighted by atomic mass is 10.1. The molecule has 2 unspecified atom stereocenters. The van der Waals surface area contributed by atoms with Crippen molar-refractivity contribution in [1.29, 1.82) is 0 Å². The van der Waals surface area contributed by atoms with Crippen molar-refractivity contribution in [1.82, 2.24) is 9.88 Å². The fourth-order valence-electron chi connectivity index (χ4n) is 3.10. The zero-order chi connectivity index (χ0) is 12.5. The molecule has 0 aliphatic carbocycles. The van der Waals surface area contributed by atoms with Crippen molar-refractivity contribution in [2.45, 2.75) is 31.3 Å². The monoisotopic (exact) mass is 262 g/mol. The molecule has 0 aromatic carbocycles. The minimum Gasteiger partial charge on any atom is -0.389 e. The van der Waals surface area contributed by atoms with E-state index in [2.05, 4.69) is 15.2 Å². The molecule has 0 radical (unpaired) electrons. The Morgan fingerprint density at radius 1 is 1.44 bits per heavy atom. The van der Waals surface area contributed by atoms with Crippen LogP contribution in [0.15, 0.2) is 18.3 Å². The molecule has 0 amide bonds. The van der Waals surface area contributed by atoms with Gasteiger partial charge in [0.05, 0.1) is 0 Å². The van der Waals surface area contributed by atoms with Gasteiger partial charge in [0.2, 0.25) is 0 Å². The normalized spacial score (nSPS) is 27.1. The van der Waals surface area contributed by atoms with Crippen LogP contribution in [0.4, 0.5) is 5.82 Å². The molecule has 3 rings (SSSR count). The topological polar surface area (TPSA) is 54.2 Å². The Kier molecular flexibility index (Phi) is 3.18. The molecule has 18 heavy (non-hydrogen) atoms. The van der Waals surface area contributed by atoms with E-state index in [1.54, 1.807) is 6.20 Å². The fourth-order valence-corrected chi connectivity index (χ4v) is 3.23. The van der Waals surface area contributed by atoms with Crippen molar-refractivity contribution in [3.05, 3.63) is 23.9 Å². The Hall–Kier alpha value is -1.20. The van der Waals surface area contributed by atoms with Crippen molar-refractivity contribution in [3.8, 4) is 0 Å². The SMILES string of the molecule is NC(=S)c1ccnc(NC2CCN3CCCC23)c1. The Balaban J connectivity index is 1.72. The zero-order valence-electron chi connectivity index (χ0n) is 10.3. The number of nitrogens with one attached hydrogen (secondary N) is 1. The highest BCUT2D eigenvalue weighted by atomic mass is 32.1. The minimum absolute atomic E-state index is 0.425. The molecule has 1 aromatic rings. The van der Waals surface area contributed by atoms with Gasteiger partial charge in [-0.05, 0) is 37.9 Å². The predicted molar refractivity (Wildman–Crippen MR) is 76.7 cm³/mol. The number of nitrogens with two attached hydrogens (primary N) is 1. The predicted octanol–water partition coefficient (Wildman–Crippen LogP) is 1.36. The summed E-state index contributed by atoms with van der Waals surface area (Å²) >= 11 is 4.99. The van der Waals surface area contributed by atoms with Crippen LogP contribution in [0.1, 0.15) is 24.8 Å². The standard InChI is InChI=1S/C13H18N4S/c14-13(18)9-3-5-15-12(8-9)16-10-4-7-17-6-1-2-11(10)17/h3,5,8,10-11H,1-2,4,6-7H2,(H2,14,18)(H,15,16). The summed E-state index contributed by atoms with van der Waals surface area (Å²) in [6.45, 7) is 2.46. The molecule has 4 nitrogen and oxygen atoms in total. The molecule has 2 aliphatic heterocycles. The molecule has 3 N–H and O–H groups in total. The second-order valence-corrected chi connectivity index (χ2v) is 5.52. The number of fused-ring (bicyclic) bond motifs is 1. The molecular weight excluding hydrogens is 244 g/mol. The first-order valence-electron chi connectivity index (χ1n) is 6.50. The summed E-state index contributed by atoms with van der Waals surface area (Å²) in [6.07, 6.45) is 5.58. The third-order valence-corrected chi connectivity index (χ3v) is 4.22. The molecule has 2 aliphatic rings. The van der Waals surface area contributed by atoms with Gasteiger partial charge in [0.15, 0.2) is 0 Å². The van der Waals surface area contributed by atoms with Gasteiger partial charge in [-0.2, -0.15) is 0 Å². The lowest BCUT2D eigenvalue weighted by Crippen LogP contribution is -2.34. The lowest BCUT2D eigenvalue weighted by Gasteiger charge is -2.21. The summed E-state index contributed by atoms with van der Waals surface area (Å²) in [6, 6.07) is 4.99. The van der Waals surface area contributed by atoms with E-state index in [4.69, 9.17) is 18.0 Å². The smallest absolute Gasteiger partial charge is 0.126 e. The average molecular weight is 262 g/mol. The lowest BCUT2D eigenvalue weighted by molar-refractivity contribution is 0.318. The van der Waals surface area contributed by atoms with E-state index in [1.807, 2.05) is 12.1 Å². The molecule has 0 saturated carbocycles. The maximum absolute atomic E-state index is 5.64. The summed E-state index contributed by atoms with van der Waals surface area (Å²) in [7, 11) is 0. The number of hydrogen-bond donors (Lipinski definition) is 2. The highest BCUT2D eigenvalue weighted by Crippen LogP contribution is 2.29. The number of nitrogens with zero attached hydrogens (tertiary/aromatic N) is 2. The van der Waals surface area contributed by atoms with Gasteiger partial charge < -0.3 is 11.1 Å². The molecule has 1 aromatic heterocycles. The van der Waals surface area contributed by atoms with Crippen LogP contribution < -0.4 is 11.1 Å². The van der Waals surface area contributed by atoms with Crippen LogP contribution in [0.2, 0.25) is 0 Å². The quantitative estimate of drug-likeness (QED) is 0.806. The molecule has 0 spiro atoms. The van der Waals surface area contributed by atoms with Gasteiger partial charge in [-0.25, -0.2) is 4.98 Å². The molecule has 96 valence electrons. The van der Waals surface area contributed by atoms with E-state index in [9.17, 15) is 0 Å². The van der Waals surface area contributed by atoms with E-state index in [0.717, 1.165) is 11.4 Å². The van der Waals surface area contributed by atoms with Gasteiger partial charge in [0.25, 0.3) is 0 Å². The highest BCUT2D eigenvalue weighted by Gasteiger charge is 2.37. The molecule has 0 bridgehead atoms. The van der Waals surface area contributed by atoms with Gasteiger partial charge >= 0.3 is 0 Å². The largest absolute Gasteiger partial charge is 0.389 e. The third-order valence-electron chi connectivity index (χ3n) is 3.98. The zero-order valence-corrected chi connectivity index (χ0v) is 11.1. The molecule has 3 heterocycles. The molecule has 2 saturated heterocycles. The van der Waals surface area contributed by atoms with Crippen molar-refractivity contribution < 1.29 is 0 Å². The van der Waals surface area contributed by atoms with Gasteiger partial charge in [0, 0.05) is 30.4 Å². The Labute approximate surface area is 113 Å². The summed E-state index contributed by atoms with van der Waals surface area (Å²) in [4.78, 5) is 7.36. The van der Waals surface area contributed by atoms with Crippen LogP contribution in [0.5, 0.6) is 0 Å². The molecule has 5 heteroatoms.